The Morgan fingerprint density at radius 1 is 1.31 bits per heavy atom. The van der Waals surface area contributed by atoms with Gasteiger partial charge >= 0.3 is 0 Å². The fourth-order valence-corrected chi connectivity index (χ4v) is 1.91. The van der Waals surface area contributed by atoms with E-state index in [0.717, 1.165) is 5.56 Å². The minimum atomic E-state index is 0.431. The van der Waals surface area contributed by atoms with E-state index in [1.165, 1.54) is 17.1 Å². The molecular weight excluding hydrogens is 196 g/mol. The zero-order valence-electron chi connectivity index (χ0n) is 9.51. The van der Waals surface area contributed by atoms with Crippen LogP contribution in [0.3, 0.4) is 0 Å². The highest BCUT2D eigenvalue weighted by Crippen LogP contribution is 2.25. The maximum absolute atomic E-state index is 6.78. The van der Waals surface area contributed by atoms with E-state index in [4.69, 9.17) is 6.57 Å². The smallest absolute Gasteiger partial charge is 0.154 e. The van der Waals surface area contributed by atoms with Gasteiger partial charge < -0.3 is 4.57 Å². The van der Waals surface area contributed by atoms with E-state index in [0.29, 0.717) is 6.04 Å². The third-order valence-electron chi connectivity index (χ3n) is 2.66. The van der Waals surface area contributed by atoms with Gasteiger partial charge in [0.15, 0.2) is 6.20 Å². The lowest BCUT2D eigenvalue weighted by molar-refractivity contribution is 0.622. The number of benzene rings is 1. The van der Waals surface area contributed by atoms with Crippen molar-refractivity contribution in [2.45, 2.75) is 19.9 Å². The molecule has 2 nitrogen and oxygen atoms in total. The largest absolute Gasteiger partial charge is 0.344 e. The Bertz CT molecular complexity index is 568. The maximum Gasteiger partial charge on any atom is 0.154 e. The van der Waals surface area contributed by atoms with Crippen LogP contribution in [0.1, 0.15) is 25.5 Å². The SMILES string of the molecule is [C-]#[N+]/C=C/c1cn(C(C)C)c2ccccc12. The van der Waals surface area contributed by atoms with Crippen LogP contribution < -0.4 is 0 Å². The molecule has 1 heterocycles. The summed E-state index contributed by atoms with van der Waals surface area (Å²) in [6.07, 6.45) is 5.48. The third kappa shape index (κ3) is 1.72. The van der Waals surface area contributed by atoms with Crippen LogP contribution in [0, 0.1) is 6.57 Å². The number of hydrogen-bond donors (Lipinski definition) is 0. The fourth-order valence-electron chi connectivity index (χ4n) is 1.91. The molecule has 0 aliphatic heterocycles. The van der Waals surface area contributed by atoms with E-state index in [1.807, 2.05) is 18.2 Å². The van der Waals surface area contributed by atoms with Crippen LogP contribution in [0.5, 0.6) is 0 Å². The van der Waals surface area contributed by atoms with E-state index in [1.54, 1.807) is 0 Å². The van der Waals surface area contributed by atoms with Crippen LogP contribution in [0.15, 0.2) is 36.7 Å². The number of rotatable bonds is 2. The summed E-state index contributed by atoms with van der Waals surface area (Å²) in [5.74, 6) is 0. The standard InChI is InChI=1S/C14H14N2/c1-11(2)16-10-12(8-9-15-3)13-6-4-5-7-14(13)16/h4-11H,1-2H3/b9-8+. The fraction of sp³-hybridized carbons (Fsp3) is 0.214. The van der Waals surface area contributed by atoms with Crippen LogP contribution in [0.4, 0.5) is 0 Å². The molecule has 0 atom stereocenters. The van der Waals surface area contributed by atoms with Gasteiger partial charge in [0, 0.05) is 23.1 Å². The van der Waals surface area contributed by atoms with Crippen molar-refractivity contribution in [2.24, 2.45) is 0 Å². The highest BCUT2D eigenvalue weighted by Gasteiger charge is 2.07. The molecule has 1 aromatic heterocycles. The molecular formula is C14H14N2. The first-order valence-electron chi connectivity index (χ1n) is 5.36. The van der Waals surface area contributed by atoms with E-state index in [2.05, 4.69) is 41.6 Å². The van der Waals surface area contributed by atoms with Crippen LogP contribution in [0.2, 0.25) is 0 Å². The Morgan fingerprint density at radius 2 is 2.06 bits per heavy atom. The Morgan fingerprint density at radius 3 is 2.75 bits per heavy atom. The van der Waals surface area contributed by atoms with E-state index >= 15 is 0 Å². The Labute approximate surface area is 95.6 Å². The molecule has 2 rings (SSSR count). The molecule has 0 fully saturated rings. The normalized spacial score (nSPS) is 11.4. The second-order valence-corrected chi connectivity index (χ2v) is 4.05. The first kappa shape index (κ1) is 10.5. The monoisotopic (exact) mass is 210 g/mol. The third-order valence-corrected chi connectivity index (χ3v) is 2.66. The average Bonchev–Trinajstić information content (AvgIpc) is 2.65. The second kappa shape index (κ2) is 4.24. The number of fused-ring (bicyclic) bond motifs is 1. The molecule has 80 valence electrons. The van der Waals surface area contributed by atoms with Gasteiger partial charge in [-0.3, -0.25) is 0 Å². The lowest BCUT2D eigenvalue weighted by Crippen LogP contribution is -1.97. The van der Waals surface area contributed by atoms with E-state index < -0.39 is 0 Å². The molecule has 0 amide bonds. The molecule has 0 radical (unpaired) electrons. The molecule has 16 heavy (non-hydrogen) atoms. The average molecular weight is 210 g/mol. The maximum atomic E-state index is 6.78. The van der Waals surface area contributed by atoms with Crippen molar-refractivity contribution >= 4 is 17.0 Å². The van der Waals surface area contributed by atoms with Crippen molar-refractivity contribution in [1.29, 1.82) is 0 Å². The first-order chi connectivity index (χ1) is 7.74. The van der Waals surface area contributed by atoms with Gasteiger partial charge in [0.05, 0.1) is 6.57 Å². The molecule has 0 aliphatic rings. The van der Waals surface area contributed by atoms with Crippen LogP contribution in [0.25, 0.3) is 21.8 Å². The van der Waals surface area contributed by atoms with Crippen molar-refractivity contribution in [3.05, 3.63) is 53.6 Å². The number of hydrogen-bond acceptors (Lipinski definition) is 0. The van der Waals surface area contributed by atoms with Gasteiger partial charge in [0.25, 0.3) is 0 Å². The van der Waals surface area contributed by atoms with Crippen molar-refractivity contribution in [2.75, 3.05) is 0 Å². The predicted octanol–water partition coefficient (Wildman–Crippen LogP) is 4.11. The van der Waals surface area contributed by atoms with Crippen molar-refractivity contribution in [1.82, 2.24) is 4.57 Å². The Balaban J connectivity index is 2.68. The van der Waals surface area contributed by atoms with Crippen molar-refractivity contribution < 1.29 is 0 Å². The van der Waals surface area contributed by atoms with Gasteiger partial charge in [-0.2, -0.15) is 0 Å². The van der Waals surface area contributed by atoms with Crippen LogP contribution in [-0.4, -0.2) is 4.57 Å². The molecule has 0 unspecified atom stereocenters. The minimum absolute atomic E-state index is 0.431. The molecule has 1 aromatic carbocycles. The summed E-state index contributed by atoms with van der Waals surface area (Å²) < 4.78 is 2.24. The zero-order chi connectivity index (χ0) is 11.5. The molecule has 0 bridgehead atoms. The van der Waals surface area contributed by atoms with Crippen LogP contribution in [-0.2, 0) is 0 Å². The summed E-state index contributed by atoms with van der Waals surface area (Å²) in [6.45, 7) is 11.1. The number of aromatic nitrogens is 1. The lowest BCUT2D eigenvalue weighted by atomic mass is 10.2. The van der Waals surface area contributed by atoms with Gasteiger partial charge in [-0.15, -0.1) is 0 Å². The highest BCUT2D eigenvalue weighted by atomic mass is 15.0. The topological polar surface area (TPSA) is 9.29 Å². The van der Waals surface area contributed by atoms with Gasteiger partial charge in [-0.05, 0) is 25.5 Å². The molecule has 0 aliphatic carbocycles. The molecule has 0 saturated heterocycles. The summed E-state index contributed by atoms with van der Waals surface area (Å²) in [7, 11) is 0. The van der Waals surface area contributed by atoms with Crippen LogP contribution >= 0.6 is 0 Å². The molecule has 0 spiro atoms. The van der Waals surface area contributed by atoms with Gasteiger partial charge in [-0.1, -0.05) is 24.3 Å². The summed E-state index contributed by atoms with van der Waals surface area (Å²) >= 11 is 0. The second-order valence-electron chi connectivity index (χ2n) is 4.05. The predicted molar refractivity (Wildman–Crippen MR) is 68.0 cm³/mol. The van der Waals surface area contributed by atoms with Crippen molar-refractivity contribution in [3.63, 3.8) is 0 Å². The van der Waals surface area contributed by atoms with E-state index in [9.17, 15) is 0 Å². The number of nitrogens with zero attached hydrogens (tertiary/aromatic N) is 2. The molecule has 0 saturated carbocycles. The molecule has 2 aromatic rings. The highest BCUT2D eigenvalue weighted by molar-refractivity contribution is 5.89. The summed E-state index contributed by atoms with van der Waals surface area (Å²) in [5, 5.41) is 1.20. The minimum Gasteiger partial charge on any atom is -0.344 e. The van der Waals surface area contributed by atoms with Gasteiger partial charge in [0.2, 0.25) is 0 Å². The number of para-hydroxylation sites is 1. The van der Waals surface area contributed by atoms with Gasteiger partial charge in [0.1, 0.15) is 0 Å². The Hall–Kier alpha value is -2.01. The Kier molecular flexibility index (Phi) is 2.78. The van der Waals surface area contributed by atoms with Gasteiger partial charge in [-0.25, -0.2) is 4.85 Å². The zero-order valence-corrected chi connectivity index (χ0v) is 9.51. The summed E-state index contributed by atoms with van der Waals surface area (Å²) in [6, 6.07) is 8.72. The van der Waals surface area contributed by atoms with Crippen molar-refractivity contribution in [3.8, 4) is 0 Å². The van der Waals surface area contributed by atoms with E-state index in [-0.39, 0.29) is 0 Å². The summed E-state index contributed by atoms with van der Waals surface area (Å²) in [5.41, 5.74) is 2.34. The summed E-state index contributed by atoms with van der Waals surface area (Å²) in [4.78, 5) is 3.25. The first-order valence-corrected chi connectivity index (χ1v) is 5.36. The molecule has 0 N–H and O–H groups in total. The quantitative estimate of drug-likeness (QED) is 0.660. The lowest BCUT2D eigenvalue weighted by Gasteiger charge is -2.08. The molecule has 2 heteroatoms.